The van der Waals surface area contributed by atoms with Gasteiger partial charge >= 0.3 is 0 Å². The highest BCUT2D eigenvalue weighted by atomic mass is 32.2. The van der Waals surface area contributed by atoms with Crippen LogP contribution in [0.15, 0.2) is 0 Å². The standard InChI is InChI=1S/C4H10N2OS/c7-6-3-5-1-2-8-4-6/h5-6H,1-4H2. The topological polar surface area (TPSA) is 39.5 Å². The lowest BCUT2D eigenvalue weighted by Gasteiger charge is -2.17. The van der Waals surface area contributed by atoms with Crippen molar-refractivity contribution in [2.24, 2.45) is 0 Å². The first-order valence-electron chi connectivity index (χ1n) is 2.70. The highest BCUT2D eigenvalue weighted by Crippen LogP contribution is 1.92. The zero-order valence-electron chi connectivity index (χ0n) is 4.64. The maximum atomic E-state index is 10.6. The normalized spacial score (nSPS) is 31.9. The van der Waals surface area contributed by atoms with Crippen molar-refractivity contribution in [3.63, 3.8) is 0 Å². The molecule has 1 saturated heterocycles. The molecule has 3 nitrogen and oxygen atoms in total. The van der Waals surface area contributed by atoms with Gasteiger partial charge in [0.1, 0.15) is 12.5 Å². The van der Waals surface area contributed by atoms with E-state index in [2.05, 4.69) is 5.32 Å². The van der Waals surface area contributed by atoms with E-state index in [0.29, 0.717) is 17.6 Å². The monoisotopic (exact) mass is 134 g/mol. The fourth-order valence-corrected chi connectivity index (χ4v) is 1.37. The van der Waals surface area contributed by atoms with Crippen molar-refractivity contribution in [2.45, 2.75) is 0 Å². The van der Waals surface area contributed by atoms with Crippen LogP contribution in [0.5, 0.6) is 0 Å². The van der Waals surface area contributed by atoms with Crippen molar-refractivity contribution in [2.75, 3.05) is 24.8 Å². The summed E-state index contributed by atoms with van der Waals surface area (Å²) in [5, 5.41) is 14.0. The van der Waals surface area contributed by atoms with E-state index in [1.165, 1.54) is 0 Å². The Balaban J connectivity index is 2.17. The molecule has 0 bridgehead atoms. The lowest BCUT2D eigenvalue weighted by molar-refractivity contribution is -0.836. The van der Waals surface area contributed by atoms with E-state index in [4.69, 9.17) is 0 Å². The Kier molecular flexibility index (Phi) is 2.62. The van der Waals surface area contributed by atoms with E-state index in [1.807, 2.05) is 0 Å². The molecule has 0 spiro atoms. The van der Waals surface area contributed by atoms with Gasteiger partial charge in [0.15, 0.2) is 0 Å². The SMILES string of the molecule is [O-][NH+]1CNCCSC1. The second-order valence-electron chi connectivity index (χ2n) is 1.77. The Bertz CT molecular complexity index is 63.1. The number of nitrogens with one attached hydrogen (secondary N) is 2. The van der Waals surface area contributed by atoms with Crippen molar-refractivity contribution in [3.8, 4) is 0 Å². The number of hydroxylamine groups is 2. The summed E-state index contributed by atoms with van der Waals surface area (Å²) in [6.07, 6.45) is 0. The Morgan fingerprint density at radius 1 is 1.62 bits per heavy atom. The summed E-state index contributed by atoms with van der Waals surface area (Å²) in [5.41, 5.74) is 0. The molecule has 1 rings (SSSR count). The van der Waals surface area contributed by atoms with Gasteiger partial charge in [0.05, 0.1) is 0 Å². The highest BCUT2D eigenvalue weighted by molar-refractivity contribution is 7.99. The molecule has 0 amide bonds. The van der Waals surface area contributed by atoms with E-state index in [0.717, 1.165) is 12.3 Å². The molecule has 1 unspecified atom stereocenters. The van der Waals surface area contributed by atoms with Crippen LogP contribution < -0.4 is 10.4 Å². The molecule has 0 radical (unpaired) electrons. The van der Waals surface area contributed by atoms with E-state index in [1.54, 1.807) is 11.8 Å². The predicted molar refractivity (Wildman–Crippen MR) is 34.5 cm³/mol. The molecule has 0 aliphatic carbocycles. The van der Waals surface area contributed by atoms with Gasteiger partial charge in [-0.3, -0.25) is 5.32 Å². The first-order chi connectivity index (χ1) is 3.89. The summed E-state index contributed by atoms with van der Waals surface area (Å²) >= 11 is 1.71. The molecule has 1 aliphatic heterocycles. The largest absolute Gasteiger partial charge is 0.633 e. The third kappa shape index (κ3) is 2.00. The van der Waals surface area contributed by atoms with Crippen LogP contribution in [-0.2, 0) is 0 Å². The number of rotatable bonds is 0. The van der Waals surface area contributed by atoms with Gasteiger partial charge < -0.3 is 10.3 Å². The molecule has 1 fully saturated rings. The van der Waals surface area contributed by atoms with E-state index in [-0.39, 0.29) is 0 Å². The lowest BCUT2D eigenvalue weighted by Crippen LogP contribution is -3.08. The minimum Gasteiger partial charge on any atom is -0.633 e. The summed E-state index contributed by atoms with van der Waals surface area (Å²) in [7, 11) is 0. The summed E-state index contributed by atoms with van der Waals surface area (Å²) in [6.45, 7) is 1.56. The van der Waals surface area contributed by atoms with Crippen LogP contribution in [0, 0.1) is 5.21 Å². The van der Waals surface area contributed by atoms with E-state index in [9.17, 15) is 5.21 Å². The van der Waals surface area contributed by atoms with Crippen LogP contribution in [0.4, 0.5) is 0 Å². The number of thioether (sulfide) groups is 1. The highest BCUT2D eigenvalue weighted by Gasteiger charge is 2.00. The van der Waals surface area contributed by atoms with Crippen LogP contribution in [-0.4, -0.2) is 24.8 Å². The molecule has 0 aromatic carbocycles. The van der Waals surface area contributed by atoms with Gasteiger partial charge in [-0.1, -0.05) is 0 Å². The summed E-state index contributed by atoms with van der Waals surface area (Å²) in [5.74, 6) is 1.78. The molecule has 4 heteroatoms. The second kappa shape index (κ2) is 3.29. The number of quaternary nitrogens is 1. The summed E-state index contributed by atoms with van der Waals surface area (Å²) in [4.78, 5) is 0. The third-order valence-corrected chi connectivity index (χ3v) is 2.03. The maximum Gasteiger partial charge on any atom is 0.131 e. The van der Waals surface area contributed by atoms with Crippen molar-refractivity contribution >= 4 is 11.8 Å². The fourth-order valence-electron chi connectivity index (χ4n) is 0.609. The molecule has 0 saturated carbocycles. The number of hydrogen-bond acceptors (Lipinski definition) is 3. The third-order valence-electron chi connectivity index (χ3n) is 1.01. The van der Waals surface area contributed by atoms with Crippen molar-refractivity contribution < 1.29 is 5.06 Å². The van der Waals surface area contributed by atoms with E-state index < -0.39 is 0 Å². The van der Waals surface area contributed by atoms with Gasteiger partial charge in [0.2, 0.25) is 0 Å². The van der Waals surface area contributed by atoms with Gasteiger partial charge in [-0.2, -0.15) is 0 Å². The smallest absolute Gasteiger partial charge is 0.131 e. The first kappa shape index (κ1) is 6.35. The molecule has 48 valence electrons. The maximum absolute atomic E-state index is 10.6. The van der Waals surface area contributed by atoms with Gasteiger partial charge in [0, 0.05) is 12.3 Å². The predicted octanol–water partition coefficient (Wildman–Crippen LogP) is -1.38. The van der Waals surface area contributed by atoms with Crippen LogP contribution >= 0.6 is 11.8 Å². The molecule has 1 aliphatic rings. The van der Waals surface area contributed by atoms with Crippen LogP contribution in [0.1, 0.15) is 0 Å². The van der Waals surface area contributed by atoms with Crippen molar-refractivity contribution in [3.05, 3.63) is 5.21 Å². The second-order valence-corrected chi connectivity index (χ2v) is 2.87. The zero-order valence-corrected chi connectivity index (χ0v) is 5.46. The Morgan fingerprint density at radius 2 is 2.50 bits per heavy atom. The summed E-state index contributed by atoms with van der Waals surface area (Å²) < 4.78 is 0. The van der Waals surface area contributed by atoms with Crippen molar-refractivity contribution in [1.29, 1.82) is 0 Å². The molecule has 8 heavy (non-hydrogen) atoms. The van der Waals surface area contributed by atoms with Crippen LogP contribution in [0.3, 0.4) is 0 Å². The summed E-state index contributed by atoms with van der Waals surface area (Å²) in [6, 6.07) is 0. The fraction of sp³-hybridized carbons (Fsp3) is 1.00. The Hall–Kier alpha value is 0.230. The quantitative estimate of drug-likeness (QED) is 0.401. The van der Waals surface area contributed by atoms with Crippen LogP contribution in [0.2, 0.25) is 0 Å². The first-order valence-corrected chi connectivity index (χ1v) is 3.85. The molecule has 1 atom stereocenters. The minimum atomic E-state index is 0.326. The Labute approximate surface area is 53.0 Å². The molecule has 0 aromatic heterocycles. The number of hydrogen-bond donors (Lipinski definition) is 2. The average Bonchev–Trinajstić information content (AvgIpc) is 1.94. The van der Waals surface area contributed by atoms with Gasteiger partial charge in [-0.05, 0) is 0 Å². The molecule has 2 N–H and O–H groups in total. The molecule has 1 heterocycles. The van der Waals surface area contributed by atoms with Crippen molar-refractivity contribution in [1.82, 2.24) is 5.32 Å². The lowest BCUT2D eigenvalue weighted by atomic mass is 10.7. The average molecular weight is 134 g/mol. The van der Waals surface area contributed by atoms with Gasteiger partial charge in [-0.25, -0.2) is 0 Å². The Morgan fingerprint density at radius 3 is 3.38 bits per heavy atom. The van der Waals surface area contributed by atoms with Gasteiger partial charge in [-0.15, -0.1) is 11.8 Å². The molecule has 0 aromatic rings. The minimum absolute atomic E-state index is 0.326. The van der Waals surface area contributed by atoms with E-state index >= 15 is 0 Å². The molecular formula is C4H10N2OS. The zero-order chi connectivity index (χ0) is 5.82. The van der Waals surface area contributed by atoms with Crippen LogP contribution in [0.25, 0.3) is 0 Å². The van der Waals surface area contributed by atoms with Gasteiger partial charge in [0.25, 0.3) is 0 Å². The molecular weight excluding hydrogens is 124 g/mol.